The highest BCUT2D eigenvalue weighted by Crippen LogP contribution is 2.29. The number of halogens is 3. The van der Waals surface area contributed by atoms with Gasteiger partial charge in [0.2, 0.25) is 5.88 Å². The zero-order valence-corrected chi connectivity index (χ0v) is 16.4. The lowest BCUT2D eigenvalue weighted by atomic mass is 10.2. The first-order valence-electron chi connectivity index (χ1n) is 7.96. The molecule has 0 saturated carbocycles. The van der Waals surface area contributed by atoms with E-state index in [1.165, 1.54) is 30.5 Å². The van der Waals surface area contributed by atoms with Crippen molar-refractivity contribution in [2.24, 2.45) is 0 Å². The summed E-state index contributed by atoms with van der Waals surface area (Å²) in [5.41, 5.74) is -0.0746. The quantitative estimate of drug-likeness (QED) is 0.573. The van der Waals surface area contributed by atoms with Crippen LogP contribution in [0.15, 0.2) is 53.0 Å². The molecule has 0 amide bonds. The Morgan fingerprint density at radius 1 is 1.20 bits per heavy atom. The molecule has 3 rings (SSSR count). The molecule has 30 heavy (non-hydrogen) atoms. The van der Waals surface area contributed by atoms with Crippen molar-refractivity contribution in [1.82, 2.24) is 9.97 Å². The van der Waals surface area contributed by atoms with Crippen LogP contribution in [0.1, 0.15) is 5.56 Å². The molecule has 0 saturated heterocycles. The topological polar surface area (TPSA) is 114 Å². The summed E-state index contributed by atoms with van der Waals surface area (Å²) in [6, 6.07) is 7.95. The summed E-state index contributed by atoms with van der Waals surface area (Å²) >= 11 is 1.09. The molecule has 0 radical (unpaired) electrons. The molecule has 0 atom stereocenters. The molecule has 13 heteroatoms. The van der Waals surface area contributed by atoms with Gasteiger partial charge in [-0.2, -0.15) is 18.4 Å². The number of benzene rings is 1. The number of sulfonamides is 1. The summed E-state index contributed by atoms with van der Waals surface area (Å²) in [5, 5.41) is 11.1. The lowest BCUT2D eigenvalue weighted by Gasteiger charge is -2.11. The summed E-state index contributed by atoms with van der Waals surface area (Å²) in [6.45, 7) is -1.48. The van der Waals surface area contributed by atoms with Crippen molar-refractivity contribution in [2.75, 3.05) is 11.3 Å². The van der Waals surface area contributed by atoms with E-state index in [4.69, 9.17) is 4.74 Å². The molecule has 0 unspecified atom stereocenters. The van der Waals surface area contributed by atoms with Crippen molar-refractivity contribution in [1.29, 1.82) is 5.26 Å². The van der Waals surface area contributed by atoms with E-state index >= 15 is 0 Å². The molecule has 0 aliphatic rings. The Hall–Kier alpha value is -3.37. The fourth-order valence-electron chi connectivity index (χ4n) is 2.10. The highest BCUT2D eigenvalue weighted by Gasteiger charge is 2.28. The Balaban J connectivity index is 1.75. The van der Waals surface area contributed by atoms with Crippen molar-refractivity contribution < 1.29 is 31.1 Å². The lowest BCUT2D eigenvalue weighted by molar-refractivity contribution is -0.154. The van der Waals surface area contributed by atoms with Crippen LogP contribution in [-0.2, 0) is 10.0 Å². The van der Waals surface area contributed by atoms with Crippen LogP contribution in [0.4, 0.5) is 18.3 Å². The summed E-state index contributed by atoms with van der Waals surface area (Å²) in [4.78, 5) is 7.35. The second-order valence-corrected chi connectivity index (χ2v) is 8.13. The van der Waals surface area contributed by atoms with Gasteiger partial charge in [-0.15, -0.1) is 11.3 Å². The third-order valence-electron chi connectivity index (χ3n) is 3.36. The van der Waals surface area contributed by atoms with Gasteiger partial charge in [0.15, 0.2) is 11.7 Å². The van der Waals surface area contributed by atoms with Crippen molar-refractivity contribution in [3.05, 3.63) is 53.7 Å². The van der Waals surface area contributed by atoms with E-state index in [-0.39, 0.29) is 33.0 Å². The molecule has 0 bridgehead atoms. The van der Waals surface area contributed by atoms with Crippen LogP contribution in [0.3, 0.4) is 0 Å². The maximum atomic E-state index is 12.4. The first-order chi connectivity index (χ1) is 14.2. The van der Waals surface area contributed by atoms with Gasteiger partial charge < -0.3 is 9.47 Å². The minimum absolute atomic E-state index is 0.0384. The van der Waals surface area contributed by atoms with E-state index in [9.17, 15) is 26.9 Å². The van der Waals surface area contributed by atoms with Gasteiger partial charge in [-0.05, 0) is 24.3 Å². The number of nitriles is 1. The van der Waals surface area contributed by atoms with Gasteiger partial charge in [0, 0.05) is 17.6 Å². The monoisotopic (exact) mass is 456 g/mol. The van der Waals surface area contributed by atoms with Crippen molar-refractivity contribution in [3.63, 3.8) is 0 Å². The molecular weight excluding hydrogens is 445 g/mol. The van der Waals surface area contributed by atoms with Crippen LogP contribution >= 0.6 is 11.3 Å². The third-order valence-corrected chi connectivity index (χ3v) is 5.51. The van der Waals surface area contributed by atoms with Crippen LogP contribution in [0, 0.1) is 11.3 Å². The van der Waals surface area contributed by atoms with E-state index in [1.807, 2.05) is 6.07 Å². The Bertz CT molecular complexity index is 1160. The molecule has 0 fully saturated rings. The first-order valence-corrected chi connectivity index (χ1v) is 10.3. The molecule has 2 aromatic heterocycles. The number of anilines is 1. The summed E-state index contributed by atoms with van der Waals surface area (Å²) in [7, 11) is -3.96. The number of alkyl halides is 3. The van der Waals surface area contributed by atoms with E-state index in [0.717, 1.165) is 23.6 Å². The van der Waals surface area contributed by atoms with Gasteiger partial charge in [-0.3, -0.25) is 4.72 Å². The second-order valence-electron chi connectivity index (χ2n) is 5.55. The number of aromatic nitrogens is 2. The first kappa shape index (κ1) is 21.3. The predicted octanol–water partition coefficient (Wildman–Crippen LogP) is 3.94. The molecule has 0 spiro atoms. The van der Waals surface area contributed by atoms with Crippen LogP contribution in [0.5, 0.6) is 17.4 Å². The molecule has 1 aromatic carbocycles. The van der Waals surface area contributed by atoms with Crippen molar-refractivity contribution >= 4 is 26.5 Å². The molecule has 156 valence electrons. The fraction of sp³-hybridized carbons (Fsp3) is 0.118. The van der Waals surface area contributed by atoms with Gasteiger partial charge in [0.05, 0.1) is 16.7 Å². The Morgan fingerprint density at radius 2 is 2.00 bits per heavy atom. The number of rotatable bonds is 7. The predicted molar refractivity (Wildman–Crippen MR) is 99.9 cm³/mol. The number of nitrogens with zero attached hydrogens (tertiary/aromatic N) is 3. The summed E-state index contributed by atoms with van der Waals surface area (Å²) < 4.78 is 73.6. The molecule has 0 aliphatic carbocycles. The standard InChI is InChI=1S/C17H11F3N4O4S2/c18-17(19,20)10-27-15-4-1-12(9-23-15)28-14-3-2-13(7-11(14)8-21)30(25,26)24-16-22-5-6-29-16/h1-7,9H,10H2,(H,22,24). The largest absolute Gasteiger partial charge is 0.468 e. The number of nitrogens with one attached hydrogen (secondary N) is 1. The number of hydrogen-bond donors (Lipinski definition) is 1. The van der Waals surface area contributed by atoms with E-state index in [2.05, 4.69) is 19.4 Å². The van der Waals surface area contributed by atoms with Gasteiger partial charge in [0.1, 0.15) is 17.6 Å². The van der Waals surface area contributed by atoms with E-state index in [0.29, 0.717) is 0 Å². The van der Waals surface area contributed by atoms with Gasteiger partial charge >= 0.3 is 6.18 Å². The Kier molecular flexibility index (Phi) is 6.09. The molecule has 8 nitrogen and oxygen atoms in total. The molecule has 2 heterocycles. The molecule has 0 aliphatic heterocycles. The zero-order valence-electron chi connectivity index (χ0n) is 14.8. The van der Waals surface area contributed by atoms with Crippen LogP contribution in [-0.4, -0.2) is 31.2 Å². The summed E-state index contributed by atoms with van der Waals surface area (Å²) in [5.74, 6) is -0.103. The maximum absolute atomic E-state index is 12.4. The van der Waals surface area contributed by atoms with Crippen molar-refractivity contribution in [3.8, 4) is 23.4 Å². The van der Waals surface area contributed by atoms with Crippen molar-refractivity contribution in [2.45, 2.75) is 11.1 Å². The fourth-order valence-corrected chi connectivity index (χ4v) is 3.91. The minimum Gasteiger partial charge on any atom is -0.468 e. The van der Waals surface area contributed by atoms with Gasteiger partial charge in [-0.1, -0.05) is 0 Å². The number of pyridine rings is 1. The van der Waals surface area contributed by atoms with Crippen LogP contribution < -0.4 is 14.2 Å². The second kappa shape index (κ2) is 8.56. The van der Waals surface area contributed by atoms with E-state index < -0.39 is 22.8 Å². The minimum atomic E-state index is -4.49. The smallest absolute Gasteiger partial charge is 0.422 e. The van der Waals surface area contributed by atoms with Crippen LogP contribution in [0.25, 0.3) is 0 Å². The highest BCUT2D eigenvalue weighted by molar-refractivity contribution is 7.93. The Morgan fingerprint density at radius 3 is 2.60 bits per heavy atom. The zero-order chi connectivity index (χ0) is 21.8. The number of hydrogen-bond acceptors (Lipinski definition) is 8. The van der Waals surface area contributed by atoms with Gasteiger partial charge in [-0.25, -0.2) is 18.4 Å². The highest BCUT2D eigenvalue weighted by atomic mass is 32.2. The average molecular weight is 456 g/mol. The van der Waals surface area contributed by atoms with Crippen LogP contribution in [0.2, 0.25) is 0 Å². The normalized spacial score (nSPS) is 11.5. The Labute approximate surface area is 172 Å². The number of ether oxygens (including phenoxy) is 2. The SMILES string of the molecule is N#Cc1cc(S(=O)(=O)Nc2nccs2)ccc1Oc1ccc(OCC(F)(F)F)nc1. The number of thiazole rings is 1. The average Bonchev–Trinajstić information content (AvgIpc) is 3.19. The third kappa shape index (κ3) is 5.58. The molecule has 1 N–H and O–H groups in total. The lowest BCUT2D eigenvalue weighted by Crippen LogP contribution is -2.19. The maximum Gasteiger partial charge on any atom is 0.422 e. The summed E-state index contributed by atoms with van der Waals surface area (Å²) in [6.07, 6.45) is -1.94. The molecule has 3 aromatic rings. The van der Waals surface area contributed by atoms with Gasteiger partial charge in [0.25, 0.3) is 10.0 Å². The van der Waals surface area contributed by atoms with E-state index in [1.54, 1.807) is 5.38 Å². The molecular formula is C17H11F3N4O4S2.